The molecule has 0 unspecified atom stereocenters. The SMILES string of the molecule is CC(C)Oc1ccc2[nH]nc(-c3nc4ccc(N5CCN(CCO)CC5)cc4[nH]3)c2c1. The first-order valence-corrected chi connectivity index (χ1v) is 10.8. The van der Waals surface area contributed by atoms with Crippen LogP contribution in [0.2, 0.25) is 0 Å². The van der Waals surface area contributed by atoms with E-state index in [-0.39, 0.29) is 12.7 Å². The maximum absolute atomic E-state index is 9.14. The zero-order valence-electron chi connectivity index (χ0n) is 17.9. The van der Waals surface area contributed by atoms with Crippen molar-refractivity contribution in [2.24, 2.45) is 0 Å². The number of aliphatic hydroxyl groups is 1. The van der Waals surface area contributed by atoms with Gasteiger partial charge in [0.05, 0.1) is 29.3 Å². The van der Waals surface area contributed by atoms with Crippen molar-refractivity contribution in [3.63, 3.8) is 0 Å². The third-order valence-electron chi connectivity index (χ3n) is 5.75. The molecule has 3 N–H and O–H groups in total. The second-order valence-electron chi connectivity index (χ2n) is 8.29. The van der Waals surface area contributed by atoms with Gasteiger partial charge in [0, 0.05) is 43.8 Å². The number of rotatable bonds is 6. The number of anilines is 1. The fraction of sp³-hybridized carbons (Fsp3) is 0.391. The number of aromatic nitrogens is 4. The monoisotopic (exact) mass is 420 g/mol. The van der Waals surface area contributed by atoms with Crippen molar-refractivity contribution in [3.05, 3.63) is 36.4 Å². The number of hydrogen-bond acceptors (Lipinski definition) is 6. The maximum atomic E-state index is 9.14. The maximum Gasteiger partial charge on any atom is 0.159 e. The van der Waals surface area contributed by atoms with Crippen LogP contribution >= 0.6 is 0 Å². The predicted molar refractivity (Wildman–Crippen MR) is 123 cm³/mol. The first-order chi connectivity index (χ1) is 15.1. The smallest absolute Gasteiger partial charge is 0.159 e. The highest BCUT2D eigenvalue weighted by molar-refractivity contribution is 5.94. The summed E-state index contributed by atoms with van der Waals surface area (Å²) in [6.07, 6.45) is 0.114. The number of aliphatic hydroxyl groups excluding tert-OH is 1. The Hall–Kier alpha value is -3.10. The quantitative estimate of drug-likeness (QED) is 0.444. The van der Waals surface area contributed by atoms with Crippen LogP contribution in [0.3, 0.4) is 0 Å². The fourth-order valence-corrected chi connectivity index (χ4v) is 4.20. The predicted octanol–water partition coefficient (Wildman–Crippen LogP) is 3.01. The number of hydrogen-bond donors (Lipinski definition) is 3. The summed E-state index contributed by atoms with van der Waals surface area (Å²) in [4.78, 5) is 12.9. The molecule has 0 aliphatic carbocycles. The topological polar surface area (TPSA) is 93.3 Å². The Morgan fingerprint density at radius 1 is 1.06 bits per heavy atom. The number of imidazole rings is 1. The summed E-state index contributed by atoms with van der Waals surface area (Å²) in [5.74, 6) is 1.57. The molecule has 0 spiro atoms. The molecule has 1 aliphatic rings. The Morgan fingerprint density at radius 2 is 1.90 bits per heavy atom. The van der Waals surface area contributed by atoms with E-state index in [9.17, 15) is 0 Å². The van der Waals surface area contributed by atoms with Gasteiger partial charge in [-0.1, -0.05) is 0 Å². The van der Waals surface area contributed by atoms with E-state index in [4.69, 9.17) is 14.8 Å². The van der Waals surface area contributed by atoms with Crippen molar-refractivity contribution in [2.75, 3.05) is 44.2 Å². The third-order valence-corrected chi connectivity index (χ3v) is 5.75. The van der Waals surface area contributed by atoms with Gasteiger partial charge < -0.3 is 19.7 Å². The van der Waals surface area contributed by atoms with E-state index >= 15 is 0 Å². The van der Waals surface area contributed by atoms with Gasteiger partial charge in [-0.25, -0.2) is 4.98 Å². The molecule has 2 aromatic carbocycles. The number of benzene rings is 2. The standard InChI is InChI=1S/C23H28N6O2/c1-15(2)31-17-4-6-19-18(14-17)22(27-26-19)23-24-20-5-3-16(13-21(20)25-23)29-9-7-28(8-10-29)11-12-30/h3-6,13-15,30H,7-12H2,1-2H3,(H,24,25)(H,26,27). The van der Waals surface area contributed by atoms with Gasteiger partial charge in [-0.15, -0.1) is 0 Å². The van der Waals surface area contributed by atoms with Gasteiger partial charge in [0.1, 0.15) is 11.4 Å². The molecule has 0 saturated carbocycles. The van der Waals surface area contributed by atoms with Gasteiger partial charge in [-0.3, -0.25) is 10.00 Å². The number of fused-ring (bicyclic) bond motifs is 2. The van der Waals surface area contributed by atoms with Crippen LogP contribution in [0.4, 0.5) is 5.69 Å². The fourth-order valence-electron chi connectivity index (χ4n) is 4.20. The van der Waals surface area contributed by atoms with Crippen LogP contribution in [0.15, 0.2) is 36.4 Å². The highest BCUT2D eigenvalue weighted by atomic mass is 16.5. The van der Waals surface area contributed by atoms with Gasteiger partial charge in [0.25, 0.3) is 0 Å². The molecule has 1 fully saturated rings. The minimum absolute atomic E-state index is 0.114. The number of H-pyrrole nitrogens is 2. The molecule has 31 heavy (non-hydrogen) atoms. The lowest BCUT2D eigenvalue weighted by Crippen LogP contribution is -2.47. The molecule has 1 aliphatic heterocycles. The minimum Gasteiger partial charge on any atom is -0.491 e. The lowest BCUT2D eigenvalue weighted by Gasteiger charge is -2.35. The number of piperazine rings is 1. The molecule has 2 aromatic heterocycles. The Bertz CT molecular complexity index is 1190. The number of β-amino-alcohol motifs (C(OH)–C–C–N with tert-alkyl or cyclic N) is 1. The number of nitrogens with zero attached hydrogens (tertiary/aromatic N) is 4. The molecule has 0 radical (unpaired) electrons. The normalized spacial score (nSPS) is 15.4. The van der Waals surface area contributed by atoms with Crippen LogP contribution in [-0.4, -0.2) is 75.6 Å². The van der Waals surface area contributed by atoms with Gasteiger partial charge in [0.15, 0.2) is 5.82 Å². The highest BCUT2D eigenvalue weighted by Crippen LogP contribution is 2.30. The molecule has 8 nitrogen and oxygen atoms in total. The van der Waals surface area contributed by atoms with E-state index < -0.39 is 0 Å². The molecular weight excluding hydrogens is 392 g/mol. The van der Waals surface area contributed by atoms with Crippen molar-refractivity contribution >= 4 is 27.6 Å². The molecule has 162 valence electrons. The summed E-state index contributed by atoms with van der Waals surface area (Å²) < 4.78 is 5.85. The van der Waals surface area contributed by atoms with Crippen LogP contribution in [0.25, 0.3) is 33.5 Å². The zero-order valence-corrected chi connectivity index (χ0v) is 17.9. The second kappa shape index (κ2) is 8.20. The lowest BCUT2D eigenvalue weighted by molar-refractivity contribution is 0.189. The summed E-state index contributed by atoms with van der Waals surface area (Å²) >= 11 is 0. The van der Waals surface area contributed by atoms with Crippen molar-refractivity contribution in [1.82, 2.24) is 25.1 Å². The van der Waals surface area contributed by atoms with Gasteiger partial charge in [0.2, 0.25) is 0 Å². The summed E-state index contributed by atoms with van der Waals surface area (Å²) in [5.41, 5.74) is 4.85. The van der Waals surface area contributed by atoms with Crippen molar-refractivity contribution in [2.45, 2.75) is 20.0 Å². The highest BCUT2D eigenvalue weighted by Gasteiger charge is 2.18. The third kappa shape index (κ3) is 3.96. The Morgan fingerprint density at radius 3 is 2.68 bits per heavy atom. The van der Waals surface area contributed by atoms with Crippen molar-refractivity contribution in [1.29, 1.82) is 0 Å². The van der Waals surface area contributed by atoms with E-state index in [0.717, 1.165) is 71.9 Å². The molecule has 8 heteroatoms. The van der Waals surface area contributed by atoms with Crippen LogP contribution in [0, 0.1) is 0 Å². The average Bonchev–Trinajstić information content (AvgIpc) is 3.37. The largest absolute Gasteiger partial charge is 0.491 e. The summed E-state index contributed by atoms with van der Waals surface area (Å²) in [7, 11) is 0. The summed E-state index contributed by atoms with van der Waals surface area (Å²) in [6.45, 7) is 8.84. The lowest BCUT2D eigenvalue weighted by atomic mass is 10.2. The molecule has 0 bridgehead atoms. The molecule has 5 rings (SSSR count). The van der Waals surface area contributed by atoms with Gasteiger partial charge >= 0.3 is 0 Å². The Balaban J connectivity index is 1.43. The van der Waals surface area contributed by atoms with E-state index in [1.165, 1.54) is 5.69 Å². The van der Waals surface area contributed by atoms with Crippen LogP contribution in [0.5, 0.6) is 5.75 Å². The first-order valence-electron chi connectivity index (χ1n) is 10.8. The van der Waals surface area contributed by atoms with E-state index in [1.54, 1.807) is 0 Å². The second-order valence-corrected chi connectivity index (χ2v) is 8.29. The first kappa shape index (κ1) is 19.8. The van der Waals surface area contributed by atoms with Gasteiger partial charge in [-0.2, -0.15) is 5.10 Å². The Labute approximate surface area is 180 Å². The average molecular weight is 421 g/mol. The number of ether oxygens (including phenoxy) is 1. The molecule has 0 atom stereocenters. The molecule has 3 heterocycles. The van der Waals surface area contributed by atoms with E-state index in [0.29, 0.717) is 0 Å². The Kier molecular flexibility index (Phi) is 5.25. The van der Waals surface area contributed by atoms with E-state index in [2.05, 4.69) is 43.2 Å². The van der Waals surface area contributed by atoms with E-state index in [1.807, 2.05) is 32.0 Å². The molecule has 4 aromatic rings. The number of nitrogens with one attached hydrogen (secondary N) is 2. The summed E-state index contributed by atoms with van der Waals surface area (Å²) in [6, 6.07) is 12.3. The van der Waals surface area contributed by atoms with Gasteiger partial charge in [-0.05, 0) is 50.2 Å². The molecule has 0 amide bonds. The minimum atomic E-state index is 0.114. The van der Waals surface area contributed by atoms with Crippen LogP contribution < -0.4 is 9.64 Å². The zero-order chi connectivity index (χ0) is 21.4. The molecule has 1 saturated heterocycles. The van der Waals surface area contributed by atoms with Crippen LogP contribution in [0.1, 0.15) is 13.8 Å². The molecular formula is C23H28N6O2. The van der Waals surface area contributed by atoms with Crippen molar-refractivity contribution < 1.29 is 9.84 Å². The summed E-state index contributed by atoms with van der Waals surface area (Å²) in [5, 5.41) is 17.7. The van der Waals surface area contributed by atoms with Crippen LogP contribution in [-0.2, 0) is 0 Å². The van der Waals surface area contributed by atoms with Crippen molar-refractivity contribution in [3.8, 4) is 17.3 Å². The number of aromatic amines is 2.